The first-order valence-electron chi connectivity index (χ1n) is 7.95. The van der Waals surface area contributed by atoms with Crippen molar-refractivity contribution >= 4 is 34.1 Å². The number of carbonyl (C=O) groups excluding carboxylic acids is 1. The van der Waals surface area contributed by atoms with Crippen LogP contribution in [0.5, 0.6) is 0 Å². The van der Waals surface area contributed by atoms with Gasteiger partial charge in [-0.3, -0.25) is 4.79 Å². The van der Waals surface area contributed by atoms with Crippen molar-refractivity contribution in [1.82, 2.24) is 15.1 Å². The van der Waals surface area contributed by atoms with Crippen molar-refractivity contribution in [2.75, 3.05) is 24.2 Å². The molecule has 0 aliphatic heterocycles. The van der Waals surface area contributed by atoms with E-state index in [2.05, 4.69) is 28.7 Å². The van der Waals surface area contributed by atoms with Crippen LogP contribution in [0.25, 0.3) is 0 Å². The van der Waals surface area contributed by atoms with Crippen LogP contribution in [0.2, 0.25) is 0 Å². The summed E-state index contributed by atoms with van der Waals surface area (Å²) < 4.78 is 0.828. The van der Waals surface area contributed by atoms with Gasteiger partial charge in [-0.1, -0.05) is 54.5 Å². The van der Waals surface area contributed by atoms with E-state index in [4.69, 9.17) is 0 Å². The second-order valence-electron chi connectivity index (χ2n) is 5.52. The molecular formula is C16H24N4OS2. The minimum Gasteiger partial charge on any atom is -0.357 e. The second-order valence-corrected chi connectivity index (χ2v) is 7.72. The molecule has 1 N–H and O–H groups in total. The third kappa shape index (κ3) is 5.99. The summed E-state index contributed by atoms with van der Waals surface area (Å²) in [6.07, 6.45) is 9.77. The molecule has 2 rings (SSSR count). The minimum absolute atomic E-state index is 0.0618. The van der Waals surface area contributed by atoms with Gasteiger partial charge in [0.15, 0.2) is 4.34 Å². The first kappa shape index (κ1) is 18.0. The van der Waals surface area contributed by atoms with Crippen molar-refractivity contribution in [3.05, 3.63) is 25.3 Å². The van der Waals surface area contributed by atoms with Crippen molar-refractivity contribution in [1.29, 1.82) is 0 Å². The van der Waals surface area contributed by atoms with Crippen LogP contribution in [0.15, 0.2) is 29.6 Å². The molecule has 0 radical (unpaired) electrons. The number of amides is 1. The van der Waals surface area contributed by atoms with Crippen molar-refractivity contribution in [2.24, 2.45) is 0 Å². The monoisotopic (exact) mass is 352 g/mol. The van der Waals surface area contributed by atoms with E-state index >= 15 is 0 Å². The van der Waals surface area contributed by atoms with Crippen LogP contribution in [0, 0.1) is 0 Å². The fourth-order valence-electron chi connectivity index (χ4n) is 2.55. The molecule has 0 atom stereocenters. The van der Waals surface area contributed by atoms with Crippen LogP contribution in [-0.4, -0.2) is 45.9 Å². The Morgan fingerprint density at radius 3 is 2.61 bits per heavy atom. The second kappa shape index (κ2) is 9.72. The molecule has 5 nitrogen and oxygen atoms in total. The zero-order chi connectivity index (χ0) is 16.5. The van der Waals surface area contributed by atoms with E-state index in [0.29, 0.717) is 24.9 Å². The summed E-state index contributed by atoms with van der Waals surface area (Å²) >= 11 is 2.96. The maximum absolute atomic E-state index is 12.2. The molecular weight excluding hydrogens is 328 g/mol. The number of anilines is 1. The summed E-state index contributed by atoms with van der Waals surface area (Å²) in [6.45, 7) is 8.43. The summed E-state index contributed by atoms with van der Waals surface area (Å²) in [6, 6.07) is 0.520. The number of thioether (sulfide) groups is 1. The highest BCUT2D eigenvalue weighted by molar-refractivity contribution is 8.01. The molecule has 1 aromatic heterocycles. The van der Waals surface area contributed by atoms with E-state index < -0.39 is 0 Å². The van der Waals surface area contributed by atoms with Crippen LogP contribution in [0.4, 0.5) is 5.13 Å². The highest BCUT2D eigenvalue weighted by Crippen LogP contribution is 2.28. The zero-order valence-electron chi connectivity index (χ0n) is 13.4. The van der Waals surface area contributed by atoms with Gasteiger partial charge in [-0.25, -0.2) is 0 Å². The Hall–Kier alpha value is -1.34. The number of hydrogen-bond donors (Lipinski definition) is 1. The lowest BCUT2D eigenvalue weighted by Gasteiger charge is -2.21. The van der Waals surface area contributed by atoms with Crippen molar-refractivity contribution in [2.45, 2.75) is 42.5 Å². The largest absolute Gasteiger partial charge is 0.357 e. The molecule has 23 heavy (non-hydrogen) atoms. The summed E-state index contributed by atoms with van der Waals surface area (Å²) in [7, 11) is 0. The van der Waals surface area contributed by atoms with Gasteiger partial charge < -0.3 is 10.2 Å². The molecule has 0 spiro atoms. The Morgan fingerprint density at radius 2 is 1.96 bits per heavy atom. The van der Waals surface area contributed by atoms with Crippen LogP contribution >= 0.6 is 23.1 Å². The van der Waals surface area contributed by atoms with Gasteiger partial charge in [0.1, 0.15) is 0 Å². The fourth-order valence-corrected chi connectivity index (χ4v) is 4.28. The summed E-state index contributed by atoms with van der Waals surface area (Å²) in [5.41, 5.74) is 0. The normalized spacial score (nSPS) is 15.1. The van der Waals surface area contributed by atoms with Gasteiger partial charge >= 0.3 is 0 Å². The highest BCUT2D eigenvalue weighted by Gasteiger charge is 2.16. The third-order valence-corrected chi connectivity index (χ3v) is 5.68. The molecule has 1 aromatic rings. The molecule has 1 amide bonds. The molecule has 0 bridgehead atoms. The number of rotatable bonds is 9. The van der Waals surface area contributed by atoms with Crippen molar-refractivity contribution in [3.63, 3.8) is 0 Å². The van der Waals surface area contributed by atoms with Gasteiger partial charge in [0.05, 0.1) is 5.75 Å². The minimum atomic E-state index is 0.0618. The Balaban J connectivity index is 1.80. The Bertz CT molecular complexity index is 516. The van der Waals surface area contributed by atoms with Gasteiger partial charge in [0, 0.05) is 19.1 Å². The molecule has 0 aromatic carbocycles. The lowest BCUT2D eigenvalue weighted by atomic mass is 9.96. The number of carbonyl (C=O) groups is 1. The summed E-state index contributed by atoms with van der Waals surface area (Å²) in [4.78, 5) is 13.9. The summed E-state index contributed by atoms with van der Waals surface area (Å²) in [5.74, 6) is 0.423. The van der Waals surface area contributed by atoms with Crippen LogP contribution in [0.1, 0.15) is 32.1 Å². The van der Waals surface area contributed by atoms with E-state index in [1.807, 2.05) is 0 Å². The summed E-state index contributed by atoms with van der Waals surface area (Å²) in [5, 5.41) is 12.7. The Labute approximate surface area is 146 Å². The number of hydrogen-bond acceptors (Lipinski definition) is 6. The van der Waals surface area contributed by atoms with Gasteiger partial charge in [-0.15, -0.1) is 23.4 Å². The van der Waals surface area contributed by atoms with E-state index in [9.17, 15) is 4.79 Å². The fraction of sp³-hybridized carbons (Fsp3) is 0.562. The maximum atomic E-state index is 12.2. The first-order chi connectivity index (χ1) is 11.2. The molecule has 126 valence electrons. The average molecular weight is 353 g/mol. The quantitative estimate of drug-likeness (QED) is 0.544. The zero-order valence-corrected chi connectivity index (χ0v) is 15.0. The number of aromatic nitrogens is 2. The first-order valence-corrected chi connectivity index (χ1v) is 9.75. The van der Waals surface area contributed by atoms with Crippen LogP contribution in [0.3, 0.4) is 0 Å². The Kier molecular flexibility index (Phi) is 7.61. The van der Waals surface area contributed by atoms with Gasteiger partial charge in [-0.05, 0) is 12.8 Å². The maximum Gasteiger partial charge on any atom is 0.233 e. The van der Waals surface area contributed by atoms with E-state index in [1.54, 1.807) is 17.1 Å². The predicted molar refractivity (Wildman–Crippen MR) is 98.1 cm³/mol. The molecule has 0 saturated heterocycles. The molecule has 1 saturated carbocycles. The molecule has 1 aliphatic carbocycles. The number of nitrogens with one attached hydrogen (secondary N) is 1. The third-order valence-electron chi connectivity index (χ3n) is 3.71. The van der Waals surface area contributed by atoms with Crippen molar-refractivity contribution < 1.29 is 4.79 Å². The lowest BCUT2D eigenvalue weighted by Crippen LogP contribution is -2.32. The Morgan fingerprint density at radius 1 is 1.26 bits per heavy atom. The van der Waals surface area contributed by atoms with Crippen LogP contribution < -0.4 is 5.32 Å². The SMILES string of the molecule is C=CCN(CC=C)C(=O)CSc1nnc(NC2CCCCC2)s1. The highest BCUT2D eigenvalue weighted by atomic mass is 32.2. The molecule has 7 heteroatoms. The molecule has 1 aliphatic rings. The van der Waals surface area contributed by atoms with Crippen LogP contribution in [-0.2, 0) is 4.79 Å². The van der Waals surface area contributed by atoms with E-state index in [-0.39, 0.29) is 5.91 Å². The van der Waals surface area contributed by atoms with Crippen molar-refractivity contribution in [3.8, 4) is 0 Å². The van der Waals surface area contributed by atoms with E-state index in [0.717, 1.165) is 9.47 Å². The van der Waals surface area contributed by atoms with Gasteiger partial charge in [0.2, 0.25) is 11.0 Å². The van der Waals surface area contributed by atoms with E-state index in [1.165, 1.54) is 55.2 Å². The standard InChI is InChI=1S/C16H24N4OS2/c1-3-10-20(11-4-2)14(21)12-22-16-19-18-15(23-16)17-13-8-6-5-7-9-13/h3-4,13H,1-2,5-12H2,(H,17,18). The molecule has 1 fully saturated rings. The topological polar surface area (TPSA) is 58.1 Å². The van der Waals surface area contributed by atoms with Gasteiger partial charge in [-0.2, -0.15) is 0 Å². The number of nitrogens with zero attached hydrogens (tertiary/aromatic N) is 3. The molecule has 0 unspecified atom stereocenters. The van der Waals surface area contributed by atoms with Gasteiger partial charge in [0.25, 0.3) is 0 Å². The average Bonchev–Trinajstić information content (AvgIpc) is 3.01. The predicted octanol–water partition coefficient (Wildman–Crippen LogP) is 3.58. The smallest absolute Gasteiger partial charge is 0.233 e. The lowest BCUT2D eigenvalue weighted by molar-refractivity contribution is -0.127. The molecule has 1 heterocycles.